The number of alkyl halides is 1. The van der Waals surface area contributed by atoms with E-state index in [1.165, 1.54) is 32.1 Å². The Hall–Kier alpha value is 0.440. The van der Waals surface area contributed by atoms with Crippen LogP contribution < -0.4 is 0 Å². The van der Waals surface area contributed by atoms with Gasteiger partial charge < -0.3 is 4.74 Å². The average Bonchev–Trinajstić information content (AvgIpc) is 2.60. The summed E-state index contributed by atoms with van der Waals surface area (Å²) in [5.74, 6) is 0.895. The quantitative estimate of drug-likeness (QED) is 0.663. The molecule has 2 aliphatic rings. The molecule has 3 atom stereocenters. The van der Waals surface area contributed by atoms with Crippen LogP contribution in [0, 0.1) is 5.92 Å². The van der Waals surface area contributed by atoms with Crippen molar-refractivity contribution in [3.8, 4) is 0 Å². The molecule has 3 unspecified atom stereocenters. The Labute approximate surface area is 76.6 Å². The van der Waals surface area contributed by atoms with Gasteiger partial charge in [-0.15, -0.1) is 0 Å². The monoisotopic (exact) mass is 218 g/mol. The van der Waals surface area contributed by atoms with Gasteiger partial charge in [-0.1, -0.05) is 15.9 Å². The van der Waals surface area contributed by atoms with Gasteiger partial charge in [0, 0.05) is 5.33 Å². The molecule has 2 aliphatic heterocycles. The Morgan fingerprint density at radius 3 is 2.82 bits per heavy atom. The number of hydrogen-bond acceptors (Lipinski definition) is 1. The lowest BCUT2D eigenvalue weighted by molar-refractivity contribution is 0.0912. The molecule has 11 heavy (non-hydrogen) atoms. The van der Waals surface area contributed by atoms with Crippen molar-refractivity contribution in [3.05, 3.63) is 0 Å². The number of rotatable bonds is 3. The lowest BCUT2D eigenvalue weighted by Crippen LogP contribution is -2.16. The van der Waals surface area contributed by atoms with Crippen LogP contribution in [0.2, 0.25) is 0 Å². The maximum atomic E-state index is 5.77. The van der Waals surface area contributed by atoms with Crippen LogP contribution in [-0.4, -0.2) is 17.5 Å². The van der Waals surface area contributed by atoms with Crippen LogP contribution in [0.25, 0.3) is 0 Å². The molecule has 0 aromatic heterocycles. The van der Waals surface area contributed by atoms with E-state index in [1.807, 2.05) is 0 Å². The van der Waals surface area contributed by atoms with Crippen molar-refractivity contribution < 1.29 is 4.74 Å². The molecule has 2 heterocycles. The summed E-state index contributed by atoms with van der Waals surface area (Å²) < 4.78 is 5.77. The normalized spacial score (nSPS) is 41.7. The molecule has 1 nitrogen and oxygen atoms in total. The minimum absolute atomic E-state index is 0.638. The van der Waals surface area contributed by atoms with E-state index < -0.39 is 0 Å². The summed E-state index contributed by atoms with van der Waals surface area (Å²) in [6.07, 6.45) is 7.97. The first kappa shape index (κ1) is 8.06. The minimum Gasteiger partial charge on any atom is -0.375 e. The highest BCUT2D eigenvalue weighted by molar-refractivity contribution is 9.09. The first-order valence-electron chi connectivity index (χ1n) is 4.61. The van der Waals surface area contributed by atoms with Crippen LogP contribution in [0.4, 0.5) is 0 Å². The third-order valence-corrected chi connectivity index (χ3v) is 3.50. The maximum absolute atomic E-state index is 5.77. The predicted molar refractivity (Wildman–Crippen MR) is 49.0 cm³/mol. The number of ether oxygens (including phenoxy) is 1. The molecule has 0 radical (unpaired) electrons. The van der Waals surface area contributed by atoms with E-state index in [9.17, 15) is 0 Å². The summed E-state index contributed by atoms with van der Waals surface area (Å²) in [5, 5.41) is 1.15. The Balaban J connectivity index is 1.78. The van der Waals surface area contributed by atoms with Crippen LogP contribution >= 0.6 is 15.9 Å². The molecule has 0 N–H and O–H groups in total. The van der Waals surface area contributed by atoms with Gasteiger partial charge in [0.15, 0.2) is 0 Å². The molecule has 2 heteroatoms. The standard InChI is InChI=1S/C9H15BrO/c10-5-1-2-7-6-8-3-4-9(7)11-8/h7-9H,1-6H2. The van der Waals surface area contributed by atoms with Gasteiger partial charge in [-0.3, -0.25) is 0 Å². The molecule has 64 valence electrons. The van der Waals surface area contributed by atoms with E-state index in [2.05, 4.69) is 15.9 Å². The SMILES string of the molecule is BrCCCC1CC2CCC1O2. The largest absolute Gasteiger partial charge is 0.375 e. The number of hydrogen-bond donors (Lipinski definition) is 0. The van der Waals surface area contributed by atoms with Crippen LogP contribution in [0.15, 0.2) is 0 Å². The van der Waals surface area contributed by atoms with Gasteiger partial charge in [-0.25, -0.2) is 0 Å². The predicted octanol–water partition coefficient (Wildman–Crippen LogP) is 2.73. The highest BCUT2D eigenvalue weighted by Gasteiger charge is 2.39. The van der Waals surface area contributed by atoms with Gasteiger partial charge in [-0.2, -0.15) is 0 Å². The fourth-order valence-electron chi connectivity index (χ4n) is 2.39. The number of fused-ring (bicyclic) bond motifs is 2. The maximum Gasteiger partial charge on any atom is 0.0609 e. The van der Waals surface area contributed by atoms with Crippen molar-refractivity contribution in [2.24, 2.45) is 5.92 Å². The summed E-state index contributed by atoms with van der Waals surface area (Å²) in [5.41, 5.74) is 0. The first-order chi connectivity index (χ1) is 5.40. The molecular formula is C9H15BrO. The molecule has 2 saturated heterocycles. The third kappa shape index (κ3) is 1.62. The van der Waals surface area contributed by atoms with Crippen LogP contribution in [0.5, 0.6) is 0 Å². The molecule has 0 aromatic carbocycles. The minimum atomic E-state index is 0.638. The second-order valence-electron chi connectivity index (χ2n) is 3.70. The smallest absolute Gasteiger partial charge is 0.0609 e. The van der Waals surface area contributed by atoms with Gasteiger partial charge in [0.25, 0.3) is 0 Å². The van der Waals surface area contributed by atoms with E-state index in [0.29, 0.717) is 12.2 Å². The van der Waals surface area contributed by atoms with E-state index in [4.69, 9.17) is 4.74 Å². The molecule has 2 bridgehead atoms. The van der Waals surface area contributed by atoms with Gasteiger partial charge in [0.05, 0.1) is 12.2 Å². The average molecular weight is 219 g/mol. The summed E-state index contributed by atoms with van der Waals surface area (Å²) in [6.45, 7) is 0. The second kappa shape index (κ2) is 3.44. The van der Waals surface area contributed by atoms with Crippen molar-refractivity contribution in [1.82, 2.24) is 0 Å². The summed E-state index contributed by atoms with van der Waals surface area (Å²) in [7, 11) is 0. The van der Waals surface area contributed by atoms with E-state index in [-0.39, 0.29) is 0 Å². The summed E-state index contributed by atoms with van der Waals surface area (Å²) >= 11 is 3.47. The van der Waals surface area contributed by atoms with Crippen molar-refractivity contribution in [1.29, 1.82) is 0 Å². The first-order valence-corrected chi connectivity index (χ1v) is 5.73. The van der Waals surface area contributed by atoms with Crippen molar-refractivity contribution in [2.75, 3.05) is 5.33 Å². The zero-order valence-corrected chi connectivity index (χ0v) is 8.35. The van der Waals surface area contributed by atoms with Gasteiger partial charge >= 0.3 is 0 Å². The highest BCUT2D eigenvalue weighted by atomic mass is 79.9. The highest BCUT2D eigenvalue weighted by Crippen LogP contribution is 2.40. The van der Waals surface area contributed by atoms with E-state index in [1.54, 1.807) is 0 Å². The molecule has 0 spiro atoms. The van der Waals surface area contributed by atoms with Crippen molar-refractivity contribution >= 4 is 15.9 Å². The summed E-state index contributed by atoms with van der Waals surface area (Å²) in [4.78, 5) is 0. The fourth-order valence-corrected chi connectivity index (χ4v) is 2.71. The topological polar surface area (TPSA) is 9.23 Å². The molecular weight excluding hydrogens is 204 g/mol. The molecule has 0 saturated carbocycles. The van der Waals surface area contributed by atoms with Crippen LogP contribution in [0.3, 0.4) is 0 Å². The fraction of sp³-hybridized carbons (Fsp3) is 1.00. The van der Waals surface area contributed by atoms with Crippen molar-refractivity contribution in [3.63, 3.8) is 0 Å². The third-order valence-electron chi connectivity index (χ3n) is 2.94. The second-order valence-corrected chi connectivity index (χ2v) is 4.49. The number of halogens is 1. The Bertz CT molecular complexity index is 138. The lowest BCUT2D eigenvalue weighted by Gasteiger charge is -2.17. The Morgan fingerprint density at radius 1 is 1.36 bits per heavy atom. The summed E-state index contributed by atoms with van der Waals surface area (Å²) in [6, 6.07) is 0. The zero-order chi connectivity index (χ0) is 7.68. The van der Waals surface area contributed by atoms with Crippen LogP contribution in [0.1, 0.15) is 32.1 Å². The molecule has 0 amide bonds. The molecule has 2 rings (SSSR count). The molecule has 2 fully saturated rings. The van der Waals surface area contributed by atoms with Gasteiger partial charge in [-0.05, 0) is 38.0 Å². The van der Waals surface area contributed by atoms with Gasteiger partial charge in [0.1, 0.15) is 0 Å². The van der Waals surface area contributed by atoms with E-state index in [0.717, 1.165) is 11.2 Å². The van der Waals surface area contributed by atoms with Crippen LogP contribution in [-0.2, 0) is 4.74 Å². The van der Waals surface area contributed by atoms with Crippen molar-refractivity contribution in [2.45, 2.75) is 44.3 Å². The Morgan fingerprint density at radius 2 is 2.27 bits per heavy atom. The van der Waals surface area contributed by atoms with Gasteiger partial charge in [0.2, 0.25) is 0 Å². The van der Waals surface area contributed by atoms with E-state index >= 15 is 0 Å². The zero-order valence-electron chi connectivity index (χ0n) is 6.76. The molecule has 0 aromatic rings. The molecule has 0 aliphatic carbocycles. The Kier molecular flexibility index (Phi) is 2.52. The lowest BCUT2D eigenvalue weighted by atomic mass is 9.86.